The maximum atomic E-state index is 3.92. The number of hydrogen-bond donors (Lipinski definition) is 0. The highest BCUT2D eigenvalue weighted by atomic mass is 14.0. The largest absolute Gasteiger partial charge is 0.0984 e. The molecule has 0 heterocycles. The molecule has 0 fully saturated rings. The van der Waals surface area contributed by atoms with Gasteiger partial charge in [0.1, 0.15) is 0 Å². The van der Waals surface area contributed by atoms with E-state index in [2.05, 4.69) is 110 Å². The molecule has 0 aliphatic rings. The molecule has 0 saturated heterocycles. The Balaban J connectivity index is 0.000000194. The first-order valence-electron chi connectivity index (χ1n) is 10.5. The third-order valence-electron chi connectivity index (χ3n) is 4.88. The molecule has 4 rings (SSSR count). The first kappa shape index (κ1) is 21.8. The summed E-state index contributed by atoms with van der Waals surface area (Å²) in [5, 5.41) is 2.44. The van der Waals surface area contributed by atoms with Crippen molar-refractivity contribution in [3.05, 3.63) is 145 Å². The molecule has 0 amide bonds. The van der Waals surface area contributed by atoms with Crippen LogP contribution in [0.5, 0.6) is 0 Å². The number of hydrogen-bond acceptors (Lipinski definition) is 0. The van der Waals surface area contributed by atoms with Gasteiger partial charge < -0.3 is 0 Å². The smallest absolute Gasteiger partial charge is 0.0106 e. The fraction of sp³-hybridized carbons (Fsp3) is 0.0323. The maximum Gasteiger partial charge on any atom is -0.0106 e. The average molecular weight is 401 g/mol. The standard InChI is InChI=1S/C19H18.C12H10/c1-3-11-17-13-8-6-5-7-12-16(4-2)18-14-9-10-15-19(17)18;1-3-7-11(8-4-1)12-9-5-2-6-10-12/h3-15H,2H2,1H3;1-10H/b6-5?,7-5?,8-6?,11-3+,12-7?,13-8?,16-12?,17-13?,18-16?,19-17?;. The van der Waals surface area contributed by atoms with Crippen molar-refractivity contribution in [3.8, 4) is 11.1 Å². The minimum Gasteiger partial charge on any atom is -0.0984 e. The summed E-state index contributed by atoms with van der Waals surface area (Å²) in [6, 6.07) is 41.6. The van der Waals surface area contributed by atoms with Crippen LogP contribution in [0.1, 0.15) is 18.1 Å². The molecule has 0 unspecified atom stereocenters. The summed E-state index contributed by atoms with van der Waals surface area (Å²) >= 11 is 0. The third-order valence-corrected chi connectivity index (χ3v) is 4.88. The summed E-state index contributed by atoms with van der Waals surface area (Å²) in [5.41, 5.74) is 4.89. The Morgan fingerprint density at radius 2 is 0.871 bits per heavy atom. The van der Waals surface area contributed by atoms with Gasteiger partial charge in [0, 0.05) is 0 Å². The van der Waals surface area contributed by atoms with E-state index in [1.165, 1.54) is 27.5 Å². The number of rotatable bonds is 3. The number of allylic oxidation sites excluding steroid dienone is 1. The lowest BCUT2D eigenvalue weighted by molar-refractivity contribution is 1.62. The lowest BCUT2D eigenvalue weighted by Crippen LogP contribution is -1.78. The molecular formula is C31H28. The van der Waals surface area contributed by atoms with Crippen molar-refractivity contribution in [3.63, 3.8) is 0 Å². The lowest BCUT2D eigenvalue weighted by Gasteiger charge is -2.02. The Morgan fingerprint density at radius 1 is 0.484 bits per heavy atom. The molecule has 0 bridgehead atoms. The highest BCUT2D eigenvalue weighted by Crippen LogP contribution is 2.21. The summed E-state index contributed by atoms with van der Waals surface area (Å²) in [4.78, 5) is 0. The van der Waals surface area contributed by atoms with Crippen LogP contribution in [0.15, 0.2) is 134 Å². The zero-order valence-electron chi connectivity index (χ0n) is 18.0. The normalized spacial score (nSPS) is 10.1. The fourth-order valence-corrected chi connectivity index (χ4v) is 3.38. The monoisotopic (exact) mass is 400 g/mol. The topological polar surface area (TPSA) is 0 Å². The minimum absolute atomic E-state index is 1.14. The molecule has 0 heteroatoms. The highest BCUT2D eigenvalue weighted by Gasteiger charge is 1.97. The lowest BCUT2D eigenvalue weighted by atomic mass is 10.0. The SMILES string of the molecule is C=Cc1ccccccc(/C=C/C)c2ccccc12.c1ccc(-c2ccccc2)cc1. The van der Waals surface area contributed by atoms with Gasteiger partial charge >= 0.3 is 0 Å². The van der Waals surface area contributed by atoms with E-state index in [1.54, 1.807) is 0 Å². The van der Waals surface area contributed by atoms with Crippen molar-refractivity contribution in [2.45, 2.75) is 6.92 Å². The van der Waals surface area contributed by atoms with Crippen LogP contribution in [0.3, 0.4) is 0 Å². The van der Waals surface area contributed by atoms with E-state index in [9.17, 15) is 0 Å². The van der Waals surface area contributed by atoms with E-state index in [-0.39, 0.29) is 0 Å². The summed E-state index contributed by atoms with van der Waals surface area (Å²) < 4.78 is 0. The zero-order valence-corrected chi connectivity index (χ0v) is 18.0. The van der Waals surface area contributed by atoms with Gasteiger partial charge in [0.05, 0.1) is 0 Å². The van der Waals surface area contributed by atoms with Crippen molar-refractivity contribution < 1.29 is 0 Å². The van der Waals surface area contributed by atoms with Crippen molar-refractivity contribution in [2.24, 2.45) is 0 Å². The molecule has 0 atom stereocenters. The molecule has 152 valence electrons. The van der Waals surface area contributed by atoms with Gasteiger partial charge in [-0.1, -0.05) is 146 Å². The van der Waals surface area contributed by atoms with Crippen molar-refractivity contribution >= 4 is 22.9 Å². The molecule has 0 N–H and O–H groups in total. The molecule has 31 heavy (non-hydrogen) atoms. The van der Waals surface area contributed by atoms with Crippen LogP contribution in [0.25, 0.3) is 34.1 Å². The summed E-state index contributed by atoms with van der Waals surface area (Å²) in [5.74, 6) is 0. The Labute approximate surface area is 186 Å². The molecule has 0 saturated carbocycles. The predicted octanol–water partition coefficient (Wildman–Crippen LogP) is 8.99. The van der Waals surface area contributed by atoms with Gasteiger partial charge in [-0.2, -0.15) is 0 Å². The van der Waals surface area contributed by atoms with Gasteiger partial charge in [0.2, 0.25) is 0 Å². The van der Waals surface area contributed by atoms with Crippen molar-refractivity contribution in [1.82, 2.24) is 0 Å². The number of fused-ring (bicyclic) bond motifs is 1. The van der Waals surface area contributed by atoms with Gasteiger partial charge in [0.15, 0.2) is 0 Å². The fourth-order valence-electron chi connectivity index (χ4n) is 3.38. The Hall–Kier alpha value is -3.90. The average Bonchev–Trinajstić information content (AvgIpc) is 2.85. The van der Waals surface area contributed by atoms with Crippen LogP contribution in [0, 0.1) is 0 Å². The summed E-state index contributed by atoms with van der Waals surface area (Å²) in [6.45, 7) is 5.96. The maximum absolute atomic E-state index is 3.92. The van der Waals surface area contributed by atoms with Crippen LogP contribution >= 0.6 is 0 Å². The van der Waals surface area contributed by atoms with E-state index in [0.717, 1.165) is 5.56 Å². The van der Waals surface area contributed by atoms with Crippen LogP contribution in [0.4, 0.5) is 0 Å². The Bertz CT molecular complexity index is 1150. The minimum atomic E-state index is 1.14. The second-order valence-electron chi connectivity index (χ2n) is 7.00. The van der Waals surface area contributed by atoms with E-state index in [0.29, 0.717) is 0 Å². The summed E-state index contributed by atoms with van der Waals surface area (Å²) in [6.07, 6.45) is 6.10. The molecular weight excluding hydrogens is 372 g/mol. The van der Waals surface area contributed by atoms with Crippen molar-refractivity contribution in [1.29, 1.82) is 0 Å². The van der Waals surface area contributed by atoms with Crippen LogP contribution < -0.4 is 0 Å². The molecule has 0 radical (unpaired) electrons. The van der Waals surface area contributed by atoms with Gasteiger partial charge in [-0.25, -0.2) is 0 Å². The van der Waals surface area contributed by atoms with Gasteiger partial charge in [-0.15, -0.1) is 0 Å². The van der Waals surface area contributed by atoms with Gasteiger partial charge in [-0.05, 0) is 39.9 Å². The molecule has 4 aromatic carbocycles. The van der Waals surface area contributed by atoms with E-state index >= 15 is 0 Å². The Morgan fingerprint density at radius 3 is 1.35 bits per heavy atom. The van der Waals surface area contributed by atoms with Gasteiger partial charge in [0.25, 0.3) is 0 Å². The van der Waals surface area contributed by atoms with Gasteiger partial charge in [-0.3, -0.25) is 0 Å². The first-order chi connectivity index (χ1) is 15.3. The molecule has 0 spiro atoms. The second kappa shape index (κ2) is 11.9. The first-order valence-corrected chi connectivity index (χ1v) is 10.5. The third kappa shape index (κ3) is 6.29. The van der Waals surface area contributed by atoms with Crippen molar-refractivity contribution in [2.75, 3.05) is 0 Å². The molecule has 0 aromatic heterocycles. The zero-order chi connectivity index (χ0) is 21.7. The highest BCUT2D eigenvalue weighted by molar-refractivity contribution is 5.94. The summed E-state index contributed by atoms with van der Waals surface area (Å²) in [7, 11) is 0. The van der Waals surface area contributed by atoms with Crippen LogP contribution in [-0.4, -0.2) is 0 Å². The molecule has 0 aliphatic carbocycles. The number of benzene rings is 3. The molecule has 0 aliphatic heterocycles. The van der Waals surface area contributed by atoms with E-state index in [4.69, 9.17) is 0 Å². The Kier molecular flexibility index (Phi) is 8.40. The molecule has 4 aromatic rings. The van der Waals surface area contributed by atoms with Crippen LogP contribution in [-0.2, 0) is 0 Å². The predicted molar refractivity (Wildman–Crippen MR) is 138 cm³/mol. The molecule has 0 nitrogen and oxygen atoms in total. The quantitative estimate of drug-likeness (QED) is 0.322. The second-order valence-corrected chi connectivity index (χ2v) is 7.00. The van der Waals surface area contributed by atoms with Crippen LogP contribution in [0.2, 0.25) is 0 Å². The van der Waals surface area contributed by atoms with E-state index < -0.39 is 0 Å². The van der Waals surface area contributed by atoms with E-state index in [1.807, 2.05) is 43.3 Å².